The first-order valence-corrected chi connectivity index (χ1v) is 5.33. The van der Waals surface area contributed by atoms with Crippen LogP contribution in [0.3, 0.4) is 0 Å². The average Bonchev–Trinajstić information content (AvgIpc) is 2.39. The Labute approximate surface area is 107 Å². The van der Waals surface area contributed by atoms with E-state index in [2.05, 4.69) is 21.6 Å². The quantitative estimate of drug-likeness (QED) is 0.237. The van der Waals surface area contributed by atoms with Gasteiger partial charge in [-0.25, -0.2) is 4.79 Å². The van der Waals surface area contributed by atoms with Crippen LogP contribution in [0.1, 0.15) is 11.6 Å². The van der Waals surface area contributed by atoms with Crippen LogP contribution in [0, 0.1) is 0 Å². The lowest BCUT2D eigenvalue weighted by atomic mass is 10.1. The van der Waals surface area contributed by atoms with Crippen molar-refractivity contribution in [3.8, 4) is 0 Å². The fourth-order valence-electron chi connectivity index (χ4n) is 1.35. The molecule has 1 rings (SSSR count). The van der Waals surface area contributed by atoms with Gasteiger partial charge in [0.2, 0.25) is 0 Å². The van der Waals surface area contributed by atoms with Crippen molar-refractivity contribution < 1.29 is 9.84 Å². The molecule has 9 heteroatoms. The smallest absolute Gasteiger partial charge is 0.330 e. The van der Waals surface area contributed by atoms with Gasteiger partial charge in [-0.3, -0.25) is 14.3 Å². The number of hydrogen-bond donors (Lipinski definition) is 2. The molecule has 0 aliphatic heterocycles. The molecule has 1 unspecified atom stereocenters. The number of H-pyrrole nitrogens is 1. The Kier molecular flexibility index (Phi) is 5.55. The SMILES string of the molecule is C=CC(N=[N+]=[N-])c1cn(COCCO)c(=O)[nH]c1=O. The van der Waals surface area contributed by atoms with E-state index in [4.69, 9.17) is 15.4 Å². The number of azide groups is 1. The third-order valence-electron chi connectivity index (χ3n) is 2.22. The summed E-state index contributed by atoms with van der Waals surface area (Å²) in [5.41, 5.74) is 7.17. The molecule has 1 atom stereocenters. The Morgan fingerprint density at radius 3 is 3.00 bits per heavy atom. The van der Waals surface area contributed by atoms with E-state index in [1.807, 2.05) is 0 Å². The summed E-state index contributed by atoms with van der Waals surface area (Å²) in [6, 6.07) is -0.876. The highest BCUT2D eigenvalue weighted by Gasteiger charge is 2.12. The van der Waals surface area contributed by atoms with E-state index in [-0.39, 0.29) is 25.5 Å². The van der Waals surface area contributed by atoms with Crippen molar-refractivity contribution in [1.82, 2.24) is 9.55 Å². The van der Waals surface area contributed by atoms with Crippen LogP contribution in [0.25, 0.3) is 10.4 Å². The van der Waals surface area contributed by atoms with Gasteiger partial charge < -0.3 is 9.84 Å². The van der Waals surface area contributed by atoms with Crippen LogP contribution in [0.15, 0.2) is 33.6 Å². The molecule has 0 aliphatic carbocycles. The number of nitrogens with zero attached hydrogens (tertiary/aromatic N) is 4. The van der Waals surface area contributed by atoms with Crippen molar-refractivity contribution in [3.63, 3.8) is 0 Å². The van der Waals surface area contributed by atoms with Crippen molar-refractivity contribution in [1.29, 1.82) is 0 Å². The monoisotopic (exact) mass is 267 g/mol. The molecule has 1 aromatic heterocycles. The molecule has 0 spiro atoms. The maximum absolute atomic E-state index is 11.6. The summed E-state index contributed by atoms with van der Waals surface area (Å²) < 4.78 is 6.07. The Morgan fingerprint density at radius 2 is 2.42 bits per heavy atom. The molecular weight excluding hydrogens is 254 g/mol. The molecular formula is C10H13N5O4. The van der Waals surface area contributed by atoms with Crippen LogP contribution in [-0.2, 0) is 11.5 Å². The first kappa shape index (κ1) is 14.7. The summed E-state index contributed by atoms with van der Waals surface area (Å²) in [5.74, 6) is 0. The lowest BCUT2D eigenvalue weighted by Crippen LogP contribution is -2.33. The molecule has 0 amide bonds. The minimum Gasteiger partial charge on any atom is -0.394 e. The summed E-state index contributed by atoms with van der Waals surface area (Å²) >= 11 is 0. The number of ether oxygens (including phenoxy) is 1. The van der Waals surface area contributed by atoms with Gasteiger partial charge in [0.05, 0.1) is 19.3 Å². The highest BCUT2D eigenvalue weighted by Crippen LogP contribution is 2.13. The molecule has 1 aromatic rings. The van der Waals surface area contributed by atoms with Crippen LogP contribution in [0.2, 0.25) is 0 Å². The Balaban J connectivity index is 3.15. The first-order chi connectivity index (χ1) is 9.13. The largest absolute Gasteiger partial charge is 0.394 e. The summed E-state index contributed by atoms with van der Waals surface area (Å²) in [4.78, 5) is 27.8. The fraction of sp³-hybridized carbons (Fsp3) is 0.400. The average molecular weight is 267 g/mol. The molecule has 1 heterocycles. The highest BCUT2D eigenvalue weighted by atomic mass is 16.5. The fourth-order valence-corrected chi connectivity index (χ4v) is 1.35. The number of aliphatic hydroxyl groups excluding tert-OH is 1. The molecule has 0 radical (unpaired) electrons. The maximum atomic E-state index is 11.6. The number of aromatic nitrogens is 2. The third kappa shape index (κ3) is 3.81. The van der Waals surface area contributed by atoms with Crippen LogP contribution in [0.5, 0.6) is 0 Å². The molecule has 0 bridgehead atoms. The molecule has 0 aromatic carbocycles. The van der Waals surface area contributed by atoms with E-state index >= 15 is 0 Å². The molecule has 2 N–H and O–H groups in total. The second-order valence-electron chi connectivity index (χ2n) is 3.46. The van der Waals surface area contributed by atoms with E-state index in [9.17, 15) is 9.59 Å². The third-order valence-corrected chi connectivity index (χ3v) is 2.22. The van der Waals surface area contributed by atoms with E-state index in [0.29, 0.717) is 0 Å². The second kappa shape index (κ2) is 7.17. The Morgan fingerprint density at radius 1 is 1.68 bits per heavy atom. The summed E-state index contributed by atoms with van der Waals surface area (Å²) in [6.45, 7) is 3.20. The molecule has 0 aliphatic rings. The first-order valence-electron chi connectivity index (χ1n) is 5.33. The van der Waals surface area contributed by atoms with Crippen LogP contribution < -0.4 is 11.2 Å². The van der Waals surface area contributed by atoms with Gasteiger partial charge in [-0.15, -0.1) is 6.58 Å². The molecule has 0 fully saturated rings. The van der Waals surface area contributed by atoms with Gasteiger partial charge >= 0.3 is 5.69 Å². The standard InChI is InChI=1S/C10H13N5O4/c1-2-8(13-14-11)7-5-15(6-19-4-3-16)10(18)12-9(7)17/h2,5,8,16H,1,3-4,6H2,(H,12,17,18). The predicted molar refractivity (Wildman–Crippen MR) is 66.4 cm³/mol. The summed E-state index contributed by atoms with van der Waals surface area (Å²) in [5, 5.41) is 12.0. The topological polar surface area (TPSA) is 133 Å². The summed E-state index contributed by atoms with van der Waals surface area (Å²) in [6.07, 6.45) is 2.52. The number of rotatable bonds is 7. The van der Waals surface area contributed by atoms with E-state index < -0.39 is 17.3 Å². The Hall–Kier alpha value is -2.35. The van der Waals surface area contributed by atoms with Crippen LogP contribution in [-0.4, -0.2) is 27.9 Å². The molecule has 9 nitrogen and oxygen atoms in total. The lowest BCUT2D eigenvalue weighted by molar-refractivity contribution is 0.0455. The predicted octanol–water partition coefficient (Wildman–Crippen LogP) is 0.0404. The van der Waals surface area contributed by atoms with Gasteiger partial charge in [-0.05, 0) is 5.53 Å². The molecule has 0 saturated carbocycles. The van der Waals surface area contributed by atoms with Crippen molar-refractivity contribution in [2.75, 3.05) is 13.2 Å². The van der Waals surface area contributed by atoms with Gasteiger partial charge in [0.1, 0.15) is 6.73 Å². The van der Waals surface area contributed by atoms with E-state index in [1.165, 1.54) is 12.3 Å². The van der Waals surface area contributed by atoms with Crippen molar-refractivity contribution in [2.24, 2.45) is 5.11 Å². The van der Waals surface area contributed by atoms with Gasteiger partial charge in [0.15, 0.2) is 0 Å². The van der Waals surface area contributed by atoms with Crippen molar-refractivity contribution >= 4 is 0 Å². The van der Waals surface area contributed by atoms with Crippen molar-refractivity contribution in [2.45, 2.75) is 12.8 Å². The zero-order valence-corrected chi connectivity index (χ0v) is 10.0. The summed E-state index contributed by atoms with van der Waals surface area (Å²) in [7, 11) is 0. The lowest BCUT2D eigenvalue weighted by Gasteiger charge is -2.09. The van der Waals surface area contributed by atoms with Crippen LogP contribution >= 0.6 is 0 Å². The number of aromatic amines is 1. The number of nitrogens with one attached hydrogen (secondary N) is 1. The molecule has 19 heavy (non-hydrogen) atoms. The van der Waals surface area contributed by atoms with E-state index in [1.54, 1.807) is 0 Å². The minimum atomic E-state index is -0.876. The Bertz CT molecular complexity index is 599. The van der Waals surface area contributed by atoms with Gasteiger partial charge in [0, 0.05) is 16.7 Å². The number of aliphatic hydroxyl groups is 1. The maximum Gasteiger partial charge on any atom is 0.330 e. The van der Waals surface area contributed by atoms with E-state index in [0.717, 1.165) is 4.57 Å². The van der Waals surface area contributed by atoms with Gasteiger partial charge in [0.25, 0.3) is 5.56 Å². The molecule has 102 valence electrons. The highest BCUT2D eigenvalue weighted by molar-refractivity contribution is 5.16. The van der Waals surface area contributed by atoms with Crippen molar-refractivity contribution in [3.05, 3.63) is 55.7 Å². The number of hydrogen-bond acceptors (Lipinski definition) is 5. The van der Waals surface area contributed by atoms with Gasteiger partial charge in [-0.1, -0.05) is 11.2 Å². The normalized spacial score (nSPS) is 11.6. The second-order valence-corrected chi connectivity index (χ2v) is 3.46. The van der Waals surface area contributed by atoms with Gasteiger partial charge in [-0.2, -0.15) is 0 Å². The molecule has 0 saturated heterocycles. The zero-order valence-electron chi connectivity index (χ0n) is 10.0. The zero-order chi connectivity index (χ0) is 14.3. The van der Waals surface area contributed by atoms with Crippen LogP contribution in [0.4, 0.5) is 0 Å². The minimum absolute atomic E-state index is 0.0577.